The van der Waals surface area contributed by atoms with Gasteiger partial charge in [-0.15, -0.1) is 0 Å². The predicted octanol–water partition coefficient (Wildman–Crippen LogP) is 3.73. The highest BCUT2D eigenvalue weighted by atomic mass is 16.3. The first-order valence-corrected chi connectivity index (χ1v) is 7.35. The lowest BCUT2D eigenvalue weighted by molar-refractivity contribution is 0.0843. The number of hydrogen-bond donors (Lipinski definition) is 1. The molecule has 2 aromatic carbocycles. The van der Waals surface area contributed by atoms with Crippen LogP contribution in [0.1, 0.15) is 28.7 Å². The fraction of sp³-hybridized carbons (Fsp3) is 0.211. The first-order valence-electron chi connectivity index (χ1n) is 7.35. The number of hydrogen-bond acceptors (Lipinski definition) is 2. The van der Waals surface area contributed by atoms with E-state index in [0.29, 0.717) is 0 Å². The molecule has 1 aromatic heterocycles. The van der Waals surface area contributed by atoms with Crippen LogP contribution in [0.4, 0.5) is 0 Å². The third-order valence-electron chi connectivity index (χ3n) is 4.55. The third-order valence-corrected chi connectivity index (χ3v) is 4.55. The van der Waals surface area contributed by atoms with Gasteiger partial charge in [-0.25, -0.2) is 0 Å². The average molecular weight is 275 g/mol. The number of para-hydroxylation sites is 1. The Labute approximate surface area is 124 Å². The van der Waals surface area contributed by atoms with E-state index in [9.17, 15) is 5.11 Å². The fourth-order valence-electron chi connectivity index (χ4n) is 3.46. The zero-order valence-corrected chi connectivity index (χ0v) is 12.0. The lowest BCUT2D eigenvalue weighted by atomic mass is 9.86. The molecule has 1 aliphatic rings. The highest BCUT2D eigenvalue weighted by molar-refractivity contribution is 5.83. The molecule has 3 aromatic rings. The minimum Gasteiger partial charge on any atom is -0.380 e. The monoisotopic (exact) mass is 275 g/mol. The van der Waals surface area contributed by atoms with Gasteiger partial charge >= 0.3 is 0 Å². The second kappa shape index (κ2) is 4.40. The molecule has 0 radical (unpaired) electrons. The fourth-order valence-corrected chi connectivity index (χ4v) is 3.46. The van der Waals surface area contributed by atoms with E-state index < -0.39 is 5.60 Å². The topological polar surface area (TPSA) is 33.1 Å². The highest BCUT2D eigenvalue weighted by Crippen LogP contribution is 2.44. The molecule has 0 saturated carbocycles. The molecule has 0 spiro atoms. The minimum absolute atomic E-state index is 0.724. The summed E-state index contributed by atoms with van der Waals surface area (Å²) in [5, 5.41) is 12.5. The van der Waals surface area contributed by atoms with Crippen molar-refractivity contribution in [1.82, 2.24) is 4.98 Å². The van der Waals surface area contributed by atoms with Gasteiger partial charge in [-0.3, -0.25) is 4.98 Å². The Hall–Kier alpha value is -2.19. The molecule has 1 N–H and O–H groups in total. The van der Waals surface area contributed by atoms with Crippen molar-refractivity contribution in [3.8, 4) is 0 Å². The molecule has 21 heavy (non-hydrogen) atoms. The second-order valence-electron chi connectivity index (χ2n) is 5.90. The molecule has 1 aliphatic carbocycles. The van der Waals surface area contributed by atoms with Crippen molar-refractivity contribution in [1.29, 1.82) is 0 Å². The van der Waals surface area contributed by atoms with Crippen LogP contribution in [0.25, 0.3) is 10.9 Å². The molecule has 0 bridgehead atoms. The van der Waals surface area contributed by atoms with E-state index in [1.165, 1.54) is 11.1 Å². The van der Waals surface area contributed by atoms with Crippen LogP contribution < -0.4 is 0 Å². The van der Waals surface area contributed by atoms with Gasteiger partial charge in [0.25, 0.3) is 0 Å². The van der Waals surface area contributed by atoms with E-state index in [0.717, 1.165) is 34.9 Å². The van der Waals surface area contributed by atoms with Crippen LogP contribution in [0.15, 0.2) is 54.7 Å². The van der Waals surface area contributed by atoms with E-state index in [-0.39, 0.29) is 0 Å². The van der Waals surface area contributed by atoms with Crippen molar-refractivity contribution >= 4 is 10.9 Å². The molecule has 1 unspecified atom stereocenters. The van der Waals surface area contributed by atoms with E-state index in [4.69, 9.17) is 0 Å². The van der Waals surface area contributed by atoms with Crippen LogP contribution in [0.5, 0.6) is 0 Å². The van der Waals surface area contributed by atoms with E-state index in [1.54, 1.807) is 6.20 Å². The van der Waals surface area contributed by atoms with Gasteiger partial charge in [0.2, 0.25) is 0 Å². The van der Waals surface area contributed by atoms with Crippen LogP contribution in [-0.4, -0.2) is 10.1 Å². The maximum absolute atomic E-state index is 11.4. The highest BCUT2D eigenvalue weighted by Gasteiger charge is 2.39. The van der Waals surface area contributed by atoms with Gasteiger partial charge in [0.1, 0.15) is 5.60 Å². The summed E-state index contributed by atoms with van der Waals surface area (Å²) in [6, 6.07) is 16.4. The second-order valence-corrected chi connectivity index (χ2v) is 5.90. The van der Waals surface area contributed by atoms with E-state index in [2.05, 4.69) is 30.1 Å². The first-order chi connectivity index (χ1) is 10.2. The maximum atomic E-state index is 11.4. The molecular formula is C19H17NO. The largest absolute Gasteiger partial charge is 0.380 e. The van der Waals surface area contributed by atoms with Crippen LogP contribution in [0.3, 0.4) is 0 Å². The van der Waals surface area contributed by atoms with Crippen LogP contribution in [-0.2, 0) is 12.0 Å². The van der Waals surface area contributed by atoms with Gasteiger partial charge in [0, 0.05) is 17.1 Å². The zero-order valence-electron chi connectivity index (χ0n) is 12.0. The minimum atomic E-state index is -0.921. The van der Waals surface area contributed by atoms with Gasteiger partial charge in [-0.1, -0.05) is 48.0 Å². The molecule has 0 amide bonds. The first kappa shape index (κ1) is 12.5. The number of benzene rings is 2. The average Bonchev–Trinajstić information content (AvgIpc) is 2.85. The predicted molar refractivity (Wildman–Crippen MR) is 84.2 cm³/mol. The summed E-state index contributed by atoms with van der Waals surface area (Å²) < 4.78 is 0. The van der Waals surface area contributed by atoms with Gasteiger partial charge in [0.05, 0.1) is 5.52 Å². The summed E-state index contributed by atoms with van der Waals surface area (Å²) in [6.45, 7) is 2.07. The zero-order chi connectivity index (χ0) is 14.4. The smallest absolute Gasteiger partial charge is 0.117 e. The van der Waals surface area contributed by atoms with Crippen LogP contribution in [0, 0.1) is 6.92 Å². The van der Waals surface area contributed by atoms with E-state index in [1.807, 2.05) is 30.3 Å². The Morgan fingerprint density at radius 1 is 1.05 bits per heavy atom. The van der Waals surface area contributed by atoms with Crippen LogP contribution in [0.2, 0.25) is 0 Å². The van der Waals surface area contributed by atoms with Crippen molar-refractivity contribution < 1.29 is 5.11 Å². The van der Waals surface area contributed by atoms with Crippen LogP contribution >= 0.6 is 0 Å². The number of aliphatic hydroxyl groups is 1. The summed E-state index contributed by atoms with van der Waals surface area (Å²) in [4.78, 5) is 4.51. The SMILES string of the molecule is Cc1ccc2c(c1)C(O)(c1cccc3cccnc13)CC2. The van der Waals surface area contributed by atoms with Crippen molar-refractivity contribution in [2.45, 2.75) is 25.4 Å². The molecule has 2 heteroatoms. The lowest BCUT2D eigenvalue weighted by Gasteiger charge is -2.26. The van der Waals surface area contributed by atoms with Crippen molar-refractivity contribution in [3.05, 3.63) is 77.0 Å². The Morgan fingerprint density at radius 3 is 2.81 bits per heavy atom. The molecule has 0 fully saturated rings. The Morgan fingerprint density at radius 2 is 1.90 bits per heavy atom. The lowest BCUT2D eigenvalue weighted by Crippen LogP contribution is -2.24. The summed E-state index contributed by atoms with van der Waals surface area (Å²) in [5.74, 6) is 0. The molecule has 1 heterocycles. The van der Waals surface area contributed by atoms with Crippen molar-refractivity contribution in [2.75, 3.05) is 0 Å². The summed E-state index contributed by atoms with van der Waals surface area (Å²) in [7, 11) is 0. The molecule has 104 valence electrons. The van der Waals surface area contributed by atoms with Gasteiger partial charge in [-0.2, -0.15) is 0 Å². The summed E-state index contributed by atoms with van der Waals surface area (Å²) in [5.41, 5.74) is 4.37. The molecular weight excluding hydrogens is 258 g/mol. The van der Waals surface area contributed by atoms with Crippen molar-refractivity contribution in [3.63, 3.8) is 0 Å². The Bertz CT molecular complexity index is 835. The number of nitrogens with zero attached hydrogens (tertiary/aromatic N) is 1. The quantitative estimate of drug-likeness (QED) is 0.734. The summed E-state index contributed by atoms with van der Waals surface area (Å²) in [6.07, 6.45) is 3.43. The molecule has 0 aliphatic heterocycles. The number of pyridine rings is 1. The Kier molecular flexibility index (Phi) is 2.63. The van der Waals surface area contributed by atoms with Gasteiger partial charge in [-0.05, 0) is 37.0 Å². The number of rotatable bonds is 1. The molecule has 0 saturated heterocycles. The molecule has 4 rings (SSSR count). The summed E-state index contributed by atoms with van der Waals surface area (Å²) >= 11 is 0. The Balaban J connectivity index is 2.00. The molecule has 2 nitrogen and oxygen atoms in total. The third kappa shape index (κ3) is 1.79. The van der Waals surface area contributed by atoms with E-state index >= 15 is 0 Å². The number of aryl methyl sites for hydroxylation is 2. The maximum Gasteiger partial charge on any atom is 0.117 e. The number of aromatic nitrogens is 1. The van der Waals surface area contributed by atoms with Gasteiger partial charge < -0.3 is 5.11 Å². The van der Waals surface area contributed by atoms with Gasteiger partial charge in [0.15, 0.2) is 0 Å². The standard InChI is InChI=1S/C19H17NO/c1-13-7-8-14-9-10-19(21,17(14)12-13)16-6-2-4-15-5-3-11-20-18(15)16/h2-8,11-12,21H,9-10H2,1H3. The molecule has 1 atom stereocenters. The van der Waals surface area contributed by atoms with Crippen molar-refractivity contribution in [2.24, 2.45) is 0 Å². The normalized spacial score (nSPS) is 20.7. The number of fused-ring (bicyclic) bond motifs is 2.